The van der Waals surface area contributed by atoms with Crippen molar-refractivity contribution < 1.29 is 4.39 Å². The van der Waals surface area contributed by atoms with Crippen molar-refractivity contribution in [3.63, 3.8) is 0 Å². The van der Waals surface area contributed by atoms with Gasteiger partial charge in [0.25, 0.3) is 0 Å². The fourth-order valence-corrected chi connectivity index (χ4v) is 1.02. The normalized spacial score (nSPS) is 10.7. The predicted octanol–water partition coefficient (Wildman–Crippen LogP) is 1.88. The fourth-order valence-electron chi connectivity index (χ4n) is 0.687. The van der Waals surface area contributed by atoms with Crippen molar-refractivity contribution in [2.24, 2.45) is 10.9 Å². The highest BCUT2D eigenvalue weighted by atomic mass is 79.9. The van der Waals surface area contributed by atoms with Crippen LogP contribution in [-0.4, -0.2) is 6.21 Å². The number of nitrogens with two attached hydrogens (primary N) is 1. The molecule has 1 aromatic carbocycles. The molecule has 0 saturated heterocycles. The molecular weight excluding hydrogens is 211 g/mol. The maximum absolute atomic E-state index is 12.9. The summed E-state index contributed by atoms with van der Waals surface area (Å²) in [4.78, 5) is 0. The molecule has 58 valence electrons. The smallest absolute Gasteiger partial charge is 0.133 e. The highest BCUT2D eigenvalue weighted by Gasteiger charge is 1.98. The summed E-state index contributed by atoms with van der Waals surface area (Å²) in [6, 6.07) is 4.67. The number of hydrogen-bond donors (Lipinski definition) is 1. The van der Waals surface area contributed by atoms with Crippen LogP contribution in [0.25, 0.3) is 0 Å². The van der Waals surface area contributed by atoms with Crippen LogP contribution in [-0.2, 0) is 0 Å². The number of hydrogen-bond acceptors (Lipinski definition) is 2. The second kappa shape index (κ2) is 3.48. The Labute approximate surface area is 72.0 Å². The topological polar surface area (TPSA) is 38.4 Å². The maximum atomic E-state index is 12.9. The Balaban J connectivity index is 3.09. The largest absolute Gasteiger partial charge is 0.323 e. The summed E-state index contributed by atoms with van der Waals surface area (Å²) in [5.74, 6) is 4.52. The second-order valence-electron chi connectivity index (χ2n) is 1.94. The van der Waals surface area contributed by atoms with Gasteiger partial charge in [-0.15, -0.1) is 0 Å². The third-order valence-corrected chi connectivity index (χ3v) is 1.67. The van der Waals surface area contributed by atoms with Gasteiger partial charge in [-0.25, -0.2) is 4.39 Å². The molecule has 0 aliphatic heterocycles. The lowest BCUT2D eigenvalue weighted by molar-refractivity contribution is 0.625. The van der Waals surface area contributed by atoms with Gasteiger partial charge in [0, 0.05) is 10.0 Å². The first-order chi connectivity index (χ1) is 5.24. The number of benzene rings is 1. The van der Waals surface area contributed by atoms with Crippen molar-refractivity contribution >= 4 is 22.1 Å². The van der Waals surface area contributed by atoms with Crippen molar-refractivity contribution in [2.45, 2.75) is 0 Å². The summed E-state index contributed by atoms with van der Waals surface area (Å²) in [5.41, 5.74) is 0.385. The minimum atomic E-state index is -0.339. The quantitative estimate of drug-likeness (QED) is 0.435. The van der Waals surface area contributed by atoms with Gasteiger partial charge < -0.3 is 5.84 Å². The summed E-state index contributed by atoms with van der Waals surface area (Å²) in [6.07, 6.45) is 1.27. The van der Waals surface area contributed by atoms with E-state index in [0.29, 0.717) is 10.0 Å². The molecule has 0 radical (unpaired) electrons. The van der Waals surface area contributed by atoms with Crippen molar-refractivity contribution in [3.05, 3.63) is 34.1 Å². The van der Waals surface area contributed by atoms with E-state index in [1.807, 2.05) is 0 Å². The van der Waals surface area contributed by atoms with Crippen LogP contribution in [0.3, 0.4) is 0 Å². The Bertz CT molecular complexity index is 286. The van der Waals surface area contributed by atoms with E-state index in [1.165, 1.54) is 12.3 Å². The van der Waals surface area contributed by atoms with Gasteiger partial charge in [-0.05, 0) is 18.2 Å². The van der Waals surface area contributed by atoms with Crippen molar-refractivity contribution in [1.82, 2.24) is 0 Å². The van der Waals surface area contributed by atoms with Gasteiger partial charge in [0.05, 0.1) is 6.21 Å². The molecule has 0 bridgehead atoms. The molecule has 0 amide bonds. The van der Waals surface area contributed by atoms with Gasteiger partial charge in [-0.1, -0.05) is 15.9 Å². The summed E-state index contributed by atoms with van der Waals surface area (Å²) in [7, 11) is 0. The zero-order valence-electron chi connectivity index (χ0n) is 5.59. The molecule has 0 aromatic heterocycles. The van der Waals surface area contributed by atoms with Crippen LogP contribution in [0, 0.1) is 5.82 Å². The van der Waals surface area contributed by atoms with E-state index in [-0.39, 0.29) is 5.82 Å². The average molecular weight is 217 g/mol. The van der Waals surface area contributed by atoms with E-state index < -0.39 is 0 Å². The predicted molar refractivity (Wildman–Crippen MR) is 45.9 cm³/mol. The standard InChI is InChI=1S/C7H6BrFN2/c8-6-2-1-5(4-11-10)7(9)3-6/h1-4H,10H2/b11-4+. The van der Waals surface area contributed by atoms with Crippen LogP contribution < -0.4 is 5.84 Å². The third-order valence-electron chi connectivity index (χ3n) is 1.18. The number of hydrazone groups is 1. The van der Waals surface area contributed by atoms with Gasteiger partial charge in [-0.2, -0.15) is 5.10 Å². The monoisotopic (exact) mass is 216 g/mol. The van der Waals surface area contributed by atoms with Crippen LogP contribution in [0.2, 0.25) is 0 Å². The van der Waals surface area contributed by atoms with Crippen LogP contribution in [0.1, 0.15) is 5.56 Å². The Morgan fingerprint density at radius 3 is 2.82 bits per heavy atom. The molecule has 1 rings (SSSR count). The van der Waals surface area contributed by atoms with Crippen molar-refractivity contribution in [3.8, 4) is 0 Å². The Hall–Kier alpha value is -0.900. The van der Waals surface area contributed by atoms with Gasteiger partial charge in [0.15, 0.2) is 0 Å². The van der Waals surface area contributed by atoms with Crippen molar-refractivity contribution in [1.29, 1.82) is 0 Å². The van der Waals surface area contributed by atoms with Gasteiger partial charge in [-0.3, -0.25) is 0 Å². The van der Waals surface area contributed by atoms with E-state index in [9.17, 15) is 4.39 Å². The average Bonchev–Trinajstić information content (AvgIpc) is 1.95. The second-order valence-corrected chi connectivity index (χ2v) is 2.86. The lowest BCUT2D eigenvalue weighted by Crippen LogP contribution is -1.90. The van der Waals surface area contributed by atoms with Crippen LogP contribution in [0.5, 0.6) is 0 Å². The molecule has 0 heterocycles. The lowest BCUT2D eigenvalue weighted by atomic mass is 10.2. The first-order valence-electron chi connectivity index (χ1n) is 2.92. The lowest BCUT2D eigenvalue weighted by Gasteiger charge is -1.94. The molecule has 0 saturated carbocycles. The molecule has 1 aromatic rings. The molecular formula is C7H6BrFN2. The summed E-state index contributed by atoms with van der Waals surface area (Å²) >= 11 is 3.13. The zero-order valence-corrected chi connectivity index (χ0v) is 7.18. The highest BCUT2D eigenvalue weighted by Crippen LogP contribution is 2.13. The Morgan fingerprint density at radius 2 is 2.27 bits per heavy atom. The zero-order chi connectivity index (χ0) is 8.27. The third kappa shape index (κ3) is 2.01. The van der Waals surface area contributed by atoms with E-state index in [1.54, 1.807) is 12.1 Å². The molecule has 0 fully saturated rings. The minimum Gasteiger partial charge on any atom is -0.323 e. The van der Waals surface area contributed by atoms with Gasteiger partial charge >= 0.3 is 0 Å². The fraction of sp³-hybridized carbons (Fsp3) is 0. The molecule has 0 atom stereocenters. The van der Waals surface area contributed by atoms with Gasteiger partial charge in [0.1, 0.15) is 5.82 Å². The molecule has 11 heavy (non-hydrogen) atoms. The van der Waals surface area contributed by atoms with E-state index in [4.69, 9.17) is 5.84 Å². The van der Waals surface area contributed by atoms with Crippen LogP contribution >= 0.6 is 15.9 Å². The molecule has 2 nitrogen and oxygen atoms in total. The maximum Gasteiger partial charge on any atom is 0.133 e. The van der Waals surface area contributed by atoms with E-state index in [0.717, 1.165) is 0 Å². The van der Waals surface area contributed by atoms with E-state index >= 15 is 0 Å². The van der Waals surface area contributed by atoms with Gasteiger partial charge in [0.2, 0.25) is 0 Å². The number of rotatable bonds is 1. The molecule has 2 N–H and O–H groups in total. The molecule has 0 unspecified atom stereocenters. The summed E-state index contributed by atoms with van der Waals surface area (Å²) < 4.78 is 13.6. The number of nitrogens with zero attached hydrogens (tertiary/aromatic N) is 1. The number of halogens is 2. The molecule has 0 spiro atoms. The van der Waals surface area contributed by atoms with Crippen LogP contribution in [0.4, 0.5) is 4.39 Å². The summed E-state index contributed by atoms with van der Waals surface area (Å²) in [6.45, 7) is 0. The molecule has 0 aliphatic rings. The van der Waals surface area contributed by atoms with Crippen LogP contribution in [0.15, 0.2) is 27.8 Å². The Morgan fingerprint density at radius 1 is 1.55 bits per heavy atom. The summed E-state index contributed by atoms with van der Waals surface area (Å²) in [5, 5.41) is 3.22. The molecule has 4 heteroatoms. The first-order valence-corrected chi connectivity index (χ1v) is 3.71. The minimum absolute atomic E-state index is 0.339. The molecule has 0 aliphatic carbocycles. The van der Waals surface area contributed by atoms with E-state index in [2.05, 4.69) is 21.0 Å². The first kappa shape index (κ1) is 8.20. The SMILES string of the molecule is N/N=C/c1ccc(Br)cc1F. The van der Waals surface area contributed by atoms with Crippen molar-refractivity contribution in [2.75, 3.05) is 0 Å². The highest BCUT2D eigenvalue weighted by molar-refractivity contribution is 9.10. The Kier molecular flexibility index (Phi) is 2.59.